The van der Waals surface area contributed by atoms with E-state index in [1.165, 1.54) is 12.1 Å². The van der Waals surface area contributed by atoms with Crippen molar-refractivity contribution in [2.75, 3.05) is 25.0 Å². The largest absolute Gasteiger partial charge is 0.450 e. The number of amides is 2. The normalized spacial score (nSPS) is 16.9. The van der Waals surface area contributed by atoms with Crippen LogP contribution in [0.2, 0.25) is 0 Å². The van der Waals surface area contributed by atoms with Gasteiger partial charge >= 0.3 is 6.09 Å². The van der Waals surface area contributed by atoms with Crippen LogP contribution >= 0.6 is 0 Å². The minimum absolute atomic E-state index is 0.310. The molecule has 0 bridgehead atoms. The Morgan fingerprint density at radius 1 is 1.32 bits per heavy atom. The van der Waals surface area contributed by atoms with Gasteiger partial charge < -0.3 is 20.7 Å². The molecule has 6 nitrogen and oxygen atoms in total. The molecule has 0 radical (unpaired) electrons. The number of hydrogen-bond acceptors (Lipinski definition) is 4. The molecular formula is C15H20FN3O3. The third-order valence-electron chi connectivity index (χ3n) is 3.84. The van der Waals surface area contributed by atoms with Crippen LogP contribution in [0.4, 0.5) is 14.9 Å². The number of ether oxygens (including phenoxy) is 1. The molecule has 1 heterocycles. The molecule has 1 aliphatic heterocycles. The number of anilines is 1. The van der Waals surface area contributed by atoms with Gasteiger partial charge in [-0.1, -0.05) is 0 Å². The van der Waals surface area contributed by atoms with Crippen molar-refractivity contribution in [3.8, 4) is 0 Å². The van der Waals surface area contributed by atoms with E-state index in [1.807, 2.05) is 0 Å². The summed E-state index contributed by atoms with van der Waals surface area (Å²) in [4.78, 5) is 25.2. The number of likely N-dealkylation sites (tertiary alicyclic amines) is 1. The Morgan fingerprint density at radius 2 is 1.91 bits per heavy atom. The Kier molecular flexibility index (Phi) is 4.85. The maximum atomic E-state index is 13.0. The van der Waals surface area contributed by atoms with E-state index in [-0.39, 0.29) is 11.9 Å². The van der Waals surface area contributed by atoms with Gasteiger partial charge in [0.15, 0.2) is 0 Å². The monoisotopic (exact) mass is 309 g/mol. The predicted octanol–water partition coefficient (Wildman–Crippen LogP) is 1.71. The standard InChI is InChI=1S/C15H20FN3O3/c1-2-22-14(21)19-9-7-15(8-10-19,13(17)20)18-12-5-3-11(16)4-6-12/h3-6,18H,2,7-10H2,1H3,(H2,17,20). The summed E-state index contributed by atoms with van der Waals surface area (Å²) in [7, 11) is 0. The first-order valence-corrected chi connectivity index (χ1v) is 7.22. The van der Waals surface area contributed by atoms with Crippen molar-refractivity contribution in [1.29, 1.82) is 0 Å². The minimum Gasteiger partial charge on any atom is -0.450 e. The van der Waals surface area contributed by atoms with E-state index in [0.29, 0.717) is 38.2 Å². The number of benzene rings is 1. The molecule has 0 unspecified atom stereocenters. The second-order valence-corrected chi connectivity index (χ2v) is 5.26. The lowest BCUT2D eigenvalue weighted by Crippen LogP contribution is -2.57. The number of carbonyl (C=O) groups is 2. The zero-order valence-electron chi connectivity index (χ0n) is 12.5. The molecule has 0 atom stereocenters. The van der Waals surface area contributed by atoms with Gasteiger partial charge in [-0.15, -0.1) is 0 Å². The Labute approximate surface area is 128 Å². The third kappa shape index (κ3) is 3.47. The molecule has 0 saturated carbocycles. The zero-order valence-corrected chi connectivity index (χ0v) is 12.5. The van der Waals surface area contributed by atoms with Gasteiger partial charge in [0.2, 0.25) is 5.91 Å². The van der Waals surface area contributed by atoms with E-state index in [0.717, 1.165) is 0 Å². The molecule has 2 amide bonds. The van der Waals surface area contributed by atoms with Crippen LogP contribution in [0.25, 0.3) is 0 Å². The molecular weight excluding hydrogens is 289 g/mol. The highest BCUT2D eigenvalue weighted by atomic mass is 19.1. The van der Waals surface area contributed by atoms with E-state index in [2.05, 4.69) is 5.32 Å². The van der Waals surface area contributed by atoms with Crippen molar-refractivity contribution in [3.63, 3.8) is 0 Å². The zero-order chi connectivity index (χ0) is 16.2. The Balaban J connectivity index is 2.07. The maximum absolute atomic E-state index is 13.0. The fourth-order valence-electron chi connectivity index (χ4n) is 2.53. The summed E-state index contributed by atoms with van der Waals surface area (Å²) in [6.07, 6.45) is 0.360. The average Bonchev–Trinajstić information content (AvgIpc) is 2.50. The topological polar surface area (TPSA) is 84.7 Å². The van der Waals surface area contributed by atoms with Gasteiger partial charge in [0.25, 0.3) is 0 Å². The minimum atomic E-state index is -0.944. The fourth-order valence-corrected chi connectivity index (χ4v) is 2.53. The summed E-state index contributed by atoms with van der Waals surface area (Å²) < 4.78 is 17.9. The lowest BCUT2D eigenvalue weighted by Gasteiger charge is -2.40. The third-order valence-corrected chi connectivity index (χ3v) is 3.84. The van der Waals surface area contributed by atoms with Crippen LogP contribution in [0.15, 0.2) is 24.3 Å². The van der Waals surface area contributed by atoms with Crippen molar-refractivity contribution >= 4 is 17.7 Å². The second kappa shape index (κ2) is 6.64. The van der Waals surface area contributed by atoms with Crippen molar-refractivity contribution < 1.29 is 18.7 Å². The van der Waals surface area contributed by atoms with E-state index < -0.39 is 11.4 Å². The number of hydrogen-bond donors (Lipinski definition) is 2. The summed E-state index contributed by atoms with van der Waals surface area (Å²) in [5.41, 5.74) is 5.22. The predicted molar refractivity (Wildman–Crippen MR) is 79.8 cm³/mol. The number of nitrogens with zero attached hydrogens (tertiary/aromatic N) is 1. The van der Waals surface area contributed by atoms with Gasteiger partial charge in [-0.05, 0) is 44.0 Å². The van der Waals surface area contributed by atoms with E-state index in [4.69, 9.17) is 10.5 Å². The number of primary amides is 1. The number of nitrogens with one attached hydrogen (secondary N) is 1. The Morgan fingerprint density at radius 3 is 2.41 bits per heavy atom. The first-order valence-electron chi connectivity index (χ1n) is 7.22. The van der Waals surface area contributed by atoms with Crippen LogP contribution in [-0.2, 0) is 9.53 Å². The SMILES string of the molecule is CCOC(=O)N1CCC(Nc2ccc(F)cc2)(C(N)=O)CC1. The van der Waals surface area contributed by atoms with Crippen molar-refractivity contribution in [2.24, 2.45) is 5.73 Å². The number of halogens is 1. The van der Waals surface area contributed by atoms with Crippen LogP contribution < -0.4 is 11.1 Å². The summed E-state index contributed by atoms with van der Waals surface area (Å²) in [6.45, 7) is 2.79. The molecule has 1 fully saturated rings. The van der Waals surface area contributed by atoms with Crippen molar-refractivity contribution in [2.45, 2.75) is 25.3 Å². The Hall–Kier alpha value is -2.31. The van der Waals surface area contributed by atoms with Crippen LogP contribution in [0.3, 0.4) is 0 Å². The average molecular weight is 309 g/mol. The highest BCUT2D eigenvalue weighted by Crippen LogP contribution is 2.27. The molecule has 3 N–H and O–H groups in total. The highest BCUT2D eigenvalue weighted by Gasteiger charge is 2.41. The summed E-state index contributed by atoms with van der Waals surface area (Å²) in [5, 5.41) is 3.09. The van der Waals surface area contributed by atoms with Crippen molar-refractivity contribution in [1.82, 2.24) is 4.90 Å². The van der Waals surface area contributed by atoms with Gasteiger partial charge in [-0.3, -0.25) is 4.79 Å². The quantitative estimate of drug-likeness (QED) is 0.887. The molecule has 22 heavy (non-hydrogen) atoms. The van der Waals surface area contributed by atoms with Crippen LogP contribution in [-0.4, -0.2) is 42.1 Å². The smallest absolute Gasteiger partial charge is 0.409 e. The van der Waals surface area contributed by atoms with E-state index in [9.17, 15) is 14.0 Å². The van der Waals surface area contributed by atoms with Gasteiger partial charge in [0.1, 0.15) is 11.4 Å². The van der Waals surface area contributed by atoms with E-state index >= 15 is 0 Å². The van der Waals surface area contributed by atoms with Crippen LogP contribution in [0, 0.1) is 5.82 Å². The molecule has 1 aromatic carbocycles. The van der Waals surface area contributed by atoms with Crippen molar-refractivity contribution in [3.05, 3.63) is 30.1 Å². The van der Waals surface area contributed by atoms with Gasteiger partial charge in [0.05, 0.1) is 6.61 Å². The number of carbonyl (C=O) groups excluding carboxylic acids is 2. The fraction of sp³-hybridized carbons (Fsp3) is 0.467. The van der Waals surface area contributed by atoms with Crippen LogP contribution in [0.5, 0.6) is 0 Å². The molecule has 0 aromatic heterocycles. The molecule has 2 rings (SSSR count). The van der Waals surface area contributed by atoms with Gasteiger partial charge in [-0.2, -0.15) is 0 Å². The molecule has 7 heteroatoms. The first kappa shape index (κ1) is 16.1. The molecule has 1 aromatic rings. The molecule has 1 aliphatic rings. The first-order chi connectivity index (χ1) is 10.5. The number of piperidine rings is 1. The summed E-state index contributed by atoms with van der Waals surface area (Å²) in [5.74, 6) is -0.837. The van der Waals surface area contributed by atoms with Gasteiger partial charge in [0, 0.05) is 18.8 Å². The Bertz CT molecular complexity index is 539. The van der Waals surface area contributed by atoms with E-state index in [1.54, 1.807) is 24.0 Å². The molecule has 0 spiro atoms. The molecule has 0 aliphatic carbocycles. The lowest BCUT2D eigenvalue weighted by molar-refractivity contribution is -0.123. The van der Waals surface area contributed by atoms with Crippen LogP contribution in [0.1, 0.15) is 19.8 Å². The molecule has 120 valence electrons. The second-order valence-electron chi connectivity index (χ2n) is 5.26. The lowest BCUT2D eigenvalue weighted by atomic mass is 9.86. The summed E-state index contributed by atoms with van der Waals surface area (Å²) >= 11 is 0. The summed E-state index contributed by atoms with van der Waals surface area (Å²) in [6, 6.07) is 5.73. The highest BCUT2D eigenvalue weighted by molar-refractivity contribution is 5.88. The number of rotatable bonds is 4. The molecule has 1 saturated heterocycles. The van der Waals surface area contributed by atoms with Gasteiger partial charge in [-0.25, -0.2) is 9.18 Å². The maximum Gasteiger partial charge on any atom is 0.409 e. The number of nitrogens with two attached hydrogens (primary N) is 1.